The van der Waals surface area contributed by atoms with Gasteiger partial charge in [0.1, 0.15) is 0 Å². The number of rotatable bonds is 4. The van der Waals surface area contributed by atoms with Crippen LogP contribution >= 0.6 is 24.8 Å². The van der Waals surface area contributed by atoms with Gasteiger partial charge < -0.3 is 15.1 Å². The van der Waals surface area contributed by atoms with E-state index in [-0.39, 0.29) is 42.5 Å². The summed E-state index contributed by atoms with van der Waals surface area (Å²) in [5.41, 5.74) is 0.648. The molecule has 1 aromatic heterocycles. The molecule has 2 atom stereocenters. The molecular formula is C19H30Cl2N4O2. The number of aromatic nitrogens is 1. The Kier molecular flexibility index (Phi) is 10.1. The van der Waals surface area contributed by atoms with Crippen molar-refractivity contribution < 1.29 is 9.59 Å². The summed E-state index contributed by atoms with van der Waals surface area (Å²) in [5, 5.41) is 3.22. The molecular weight excluding hydrogens is 387 g/mol. The highest BCUT2D eigenvalue weighted by Crippen LogP contribution is 2.24. The van der Waals surface area contributed by atoms with E-state index in [9.17, 15) is 9.59 Å². The first-order chi connectivity index (χ1) is 12.2. The molecule has 3 heterocycles. The monoisotopic (exact) mass is 416 g/mol. The molecule has 0 aromatic carbocycles. The smallest absolute Gasteiger partial charge is 0.253 e. The van der Waals surface area contributed by atoms with Gasteiger partial charge in [0.15, 0.2) is 0 Å². The Balaban J connectivity index is 0.00000182. The number of piperidine rings is 2. The van der Waals surface area contributed by atoms with E-state index in [0.29, 0.717) is 18.0 Å². The molecule has 2 aliphatic rings. The van der Waals surface area contributed by atoms with Crippen LogP contribution in [0, 0.1) is 11.8 Å². The third-order valence-electron chi connectivity index (χ3n) is 5.31. The van der Waals surface area contributed by atoms with Crippen LogP contribution < -0.4 is 5.32 Å². The molecule has 6 nitrogen and oxygen atoms in total. The van der Waals surface area contributed by atoms with Crippen LogP contribution in [0.3, 0.4) is 0 Å². The maximum absolute atomic E-state index is 13.0. The summed E-state index contributed by atoms with van der Waals surface area (Å²) < 4.78 is 0. The first kappa shape index (κ1) is 23.7. The van der Waals surface area contributed by atoms with Gasteiger partial charge in [-0.2, -0.15) is 0 Å². The minimum absolute atomic E-state index is 0. The van der Waals surface area contributed by atoms with Crippen LogP contribution in [0.5, 0.6) is 0 Å². The number of halogens is 2. The van der Waals surface area contributed by atoms with Crippen LogP contribution in [-0.4, -0.2) is 66.4 Å². The zero-order valence-electron chi connectivity index (χ0n) is 15.8. The SMILES string of the molecule is CNCC1CCCN(C(=O)C2CCCN(C(=O)c3ccncc3)C2)C1.Cl.Cl. The quantitative estimate of drug-likeness (QED) is 0.816. The molecule has 2 unspecified atom stereocenters. The first-order valence-corrected chi connectivity index (χ1v) is 9.31. The zero-order chi connectivity index (χ0) is 17.6. The van der Waals surface area contributed by atoms with Gasteiger partial charge >= 0.3 is 0 Å². The second-order valence-corrected chi connectivity index (χ2v) is 7.18. The van der Waals surface area contributed by atoms with E-state index in [1.807, 2.05) is 16.8 Å². The summed E-state index contributed by atoms with van der Waals surface area (Å²) in [6.45, 7) is 3.92. The fourth-order valence-corrected chi connectivity index (χ4v) is 4.02. The topological polar surface area (TPSA) is 65.5 Å². The first-order valence-electron chi connectivity index (χ1n) is 9.31. The number of nitrogens with one attached hydrogen (secondary N) is 1. The molecule has 1 aromatic rings. The lowest BCUT2D eigenvalue weighted by atomic mass is 9.92. The zero-order valence-corrected chi connectivity index (χ0v) is 17.4. The summed E-state index contributed by atoms with van der Waals surface area (Å²) >= 11 is 0. The van der Waals surface area contributed by atoms with Crippen LogP contribution in [0.4, 0.5) is 0 Å². The van der Waals surface area contributed by atoms with Crippen molar-refractivity contribution in [1.29, 1.82) is 0 Å². The van der Waals surface area contributed by atoms with E-state index in [2.05, 4.69) is 10.3 Å². The normalized spacial score (nSPS) is 22.4. The molecule has 1 N–H and O–H groups in total. The molecule has 2 saturated heterocycles. The largest absolute Gasteiger partial charge is 0.342 e. The highest BCUT2D eigenvalue weighted by molar-refractivity contribution is 5.94. The van der Waals surface area contributed by atoms with Crippen molar-refractivity contribution in [3.8, 4) is 0 Å². The van der Waals surface area contributed by atoms with Crippen LogP contribution in [-0.2, 0) is 4.79 Å². The fraction of sp³-hybridized carbons (Fsp3) is 0.632. The van der Waals surface area contributed by atoms with Crippen LogP contribution in [0.15, 0.2) is 24.5 Å². The molecule has 2 aliphatic heterocycles. The molecule has 8 heteroatoms. The molecule has 2 amide bonds. The van der Waals surface area contributed by atoms with Crippen LogP contribution in [0.2, 0.25) is 0 Å². The molecule has 0 spiro atoms. The molecule has 152 valence electrons. The molecule has 3 rings (SSSR count). The molecule has 0 aliphatic carbocycles. The number of nitrogens with zero attached hydrogens (tertiary/aromatic N) is 3. The van der Waals surface area contributed by atoms with Gasteiger partial charge in [-0.1, -0.05) is 0 Å². The minimum Gasteiger partial charge on any atom is -0.342 e. The summed E-state index contributed by atoms with van der Waals surface area (Å²) in [4.78, 5) is 33.4. The molecule has 2 fully saturated rings. The van der Waals surface area contributed by atoms with Gasteiger partial charge in [0.2, 0.25) is 5.91 Å². The van der Waals surface area contributed by atoms with Crippen molar-refractivity contribution in [1.82, 2.24) is 20.1 Å². The number of hydrogen-bond donors (Lipinski definition) is 1. The highest BCUT2D eigenvalue weighted by Gasteiger charge is 2.33. The maximum Gasteiger partial charge on any atom is 0.253 e. The lowest BCUT2D eigenvalue weighted by Crippen LogP contribution is -2.50. The third kappa shape index (κ3) is 6.06. The van der Waals surface area contributed by atoms with Crippen molar-refractivity contribution >= 4 is 36.6 Å². The lowest BCUT2D eigenvalue weighted by Gasteiger charge is -2.38. The van der Waals surface area contributed by atoms with E-state index in [0.717, 1.165) is 45.4 Å². The van der Waals surface area contributed by atoms with Gasteiger partial charge in [-0.05, 0) is 57.3 Å². The minimum atomic E-state index is -0.0622. The average Bonchev–Trinajstić information content (AvgIpc) is 2.68. The Hall–Kier alpha value is -1.37. The third-order valence-corrected chi connectivity index (χ3v) is 5.31. The number of likely N-dealkylation sites (tertiary alicyclic amines) is 2. The highest BCUT2D eigenvalue weighted by atomic mass is 35.5. The predicted molar refractivity (Wildman–Crippen MR) is 111 cm³/mol. The van der Waals surface area contributed by atoms with E-state index in [1.54, 1.807) is 24.5 Å². The summed E-state index contributed by atoms with van der Waals surface area (Å²) in [5.74, 6) is 0.716. The van der Waals surface area contributed by atoms with Gasteiger partial charge in [-0.3, -0.25) is 14.6 Å². The number of carbonyl (C=O) groups is 2. The Bertz CT molecular complexity index is 601. The Morgan fingerprint density at radius 2 is 1.74 bits per heavy atom. The van der Waals surface area contributed by atoms with Crippen molar-refractivity contribution in [2.45, 2.75) is 25.7 Å². The van der Waals surface area contributed by atoms with Crippen molar-refractivity contribution in [3.63, 3.8) is 0 Å². The number of amides is 2. The Labute approximate surface area is 173 Å². The van der Waals surface area contributed by atoms with Crippen LogP contribution in [0.25, 0.3) is 0 Å². The second-order valence-electron chi connectivity index (χ2n) is 7.18. The van der Waals surface area contributed by atoms with Gasteiger partial charge in [-0.15, -0.1) is 24.8 Å². The second kappa shape index (κ2) is 11.5. The Morgan fingerprint density at radius 1 is 1.07 bits per heavy atom. The standard InChI is InChI=1S/C19H28N4O2.2ClH/c1-20-12-15-4-2-10-22(13-15)19(25)17-5-3-11-23(14-17)18(24)16-6-8-21-9-7-16;;/h6-9,15,17,20H,2-5,10-14H2,1H3;2*1H. The van der Waals surface area contributed by atoms with Gasteiger partial charge in [0.25, 0.3) is 5.91 Å². The summed E-state index contributed by atoms with van der Waals surface area (Å²) in [6.07, 6.45) is 7.30. The molecule has 0 bridgehead atoms. The average molecular weight is 417 g/mol. The molecule has 27 heavy (non-hydrogen) atoms. The van der Waals surface area contributed by atoms with Crippen molar-refractivity contribution in [2.24, 2.45) is 11.8 Å². The van der Waals surface area contributed by atoms with Gasteiger partial charge in [0, 0.05) is 44.1 Å². The van der Waals surface area contributed by atoms with E-state index >= 15 is 0 Å². The lowest BCUT2D eigenvalue weighted by molar-refractivity contribution is -0.138. The molecule has 0 radical (unpaired) electrons. The van der Waals surface area contributed by atoms with Crippen molar-refractivity contribution in [2.75, 3.05) is 39.8 Å². The fourth-order valence-electron chi connectivity index (χ4n) is 4.02. The maximum atomic E-state index is 13.0. The predicted octanol–water partition coefficient (Wildman–Crippen LogP) is 2.24. The molecule has 0 saturated carbocycles. The van der Waals surface area contributed by atoms with Crippen LogP contribution in [0.1, 0.15) is 36.0 Å². The Morgan fingerprint density at radius 3 is 2.44 bits per heavy atom. The van der Waals surface area contributed by atoms with E-state index < -0.39 is 0 Å². The number of hydrogen-bond acceptors (Lipinski definition) is 4. The van der Waals surface area contributed by atoms with Gasteiger partial charge in [0.05, 0.1) is 5.92 Å². The van der Waals surface area contributed by atoms with E-state index in [4.69, 9.17) is 0 Å². The van der Waals surface area contributed by atoms with E-state index in [1.165, 1.54) is 6.42 Å². The number of carbonyl (C=O) groups excluding carboxylic acids is 2. The van der Waals surface area contributed by atoms with Crippen molar-refractivity contribution in [3.05, 3.63) is 30.1 Å². The van der Waals surface area contributed by atoms with Gasteiger partial charge in [-0.25, -0.2) is 0 Å². The summed E-state index contributed by atoms with van der Waals surface area (Å²) in [7, 11) is 1.96. The summed E-state index contributed by atoms with van der Waals surface area (Å²) in [6, 6.07) is 3.47. The number of pyridine rings is 1.